The van der Waals surface area contributed by atoms with Crippen molar-refractivity contribution in [3.63, 3.8) is 0 Å². The summed E-state index contributed by atoms with van der Waals surface area (Å²) in [5.74, 6) is 0. The Kier molecular flexibility index (Phi) is 4.80. The topological polar surface area (TPSA) is 7.76 Å². The minimum absolute atomic E-state index is 0.759. The van der Waals surface area contributed by atoms with Gasteiger partial charge in [0.2, 0.25) is 11.4 Å². The largest absolute Gasteiger partial charge is 0.344 e. The summed E-state index contributed by atoms with van der Waals surface area (Å²) in [6.45, 7) is 5.09. The molecular formula is C25H24N2+2. The monoisotopic (exact) mass is 352 g/mol. The van der Waals surface area contributed by atoms with Gasteiger partial charge in [-0.3, -0.25) is 0 Å². The number of nitrogens with zero attached hydrogens (tertiary/aromatic N) is 2. The lowest BCUT2D eigenvalue weighted by Crippen LogP contribution is -2.53. The molecule has 4 aromatic rings. The van der Waals surface area contributed by atoms with Gasteiger partial charge in [0.15, 0.2) is 12.4 Å². The maximum absolute atomic E-state index is 2.31. The third-order valence-electron chi connectivity index (χ3n) is 5.03. The lowest BCUT2D eigenvalue weighted by molar-refractivity contribution is -0.903. The number of aromatic nitrogens is 2. The average Bonchev–Trinajstić information content (AvgIpc) is 2.70. The van der Waals surface area contributed by atoms with Gasteiger partial charge in [0, 0.05) is 35.4 Å². The molecule has 2 aromatic heterocycles. The smallest absolute Gasteiger partial charge is 0.139 e. The number of rotatable bonds is 4. The molecule has 0 fully saturated rings. The maximum atomic E-state index is 2.31. The van der Waals surface area contributed by atoms with Crippen molar-refractivity contribution in [2.75, 3.05) is 0 Å². The molecule has 2 heteroatoms. The molecule has 0 unspecified atom stereocenters. The summed E-state index contributed by atoms with van der Waals surface area (Å²) in [5, 5.41) is 0. The van der Waals surface area contributed by atoms with E-state index in [1.54, 1.807) is 0 Å². The van der Waals surface area contributed by atoms with Gasteiger partial charge in [0.25, 0.3) is 0 Å². The highest BCUT2D eigenvalue weighted by Crippen LogP contribution is 2.21. The van der Waals surface area contributed by atoms with E-state index in [-0.39, 0.29) is 0 Å². The van der Waals surface area contributed by atoms with E-state index in [1.807, 2.05) is 0 Å². The lowest BCUT2D eigenvalue weighted by atomic mass is 10.0. The molecule has 0 atom stereocenters. The van der Waals surface area contributed by atoms with E-state index in [0.717, 1.165) is 6.67 Å². The minimum atomic E-state index is 0.759. The highest BCUT2D eigenvalue weighted by Gasteiger charge is 2.21. The zero-order chi connectivity index (χ0) is 18.6. The highest BCUT2D eigenvalue weighted by molar-refractivity contribution is 5.61. The average molecular weight is 352 g/mol. The number of benzene rings is 2. The van der Waals surface area contributed by atoms with E-state index in [9.17, 15) is 0 Å². The highest BCUT2D eigenvalue weighted by atomic mass is 15.1. The molecule has 0 amide bonds. The fraction of sp³-hybridized carbons (Fsp3) is 0.120. The molecule has 0 aliphatic rings. The zero-order valence-electron chi connectivity index (χ0n) is 15.8. The summed E-state index contributed by atoms with van der Waals surface area (Å²) in [7, 11) is 0. The molecule has 0 aliphatic carbocycles. The van der Waals surface area contributed by atoms with Gasteiger partial charge in [-0.2, -0.15) is 0 Å². The maximum Gasteiger partial charge on any atom is 0.344 e. The fourth-order valence-electron chi connectivity index (χ4n) is 3.57. The molecule has 0 saturated carbocycles. The molecule has 4 rings (SSSR count). The molecule has 132 valence electrons. The van der Waals surface area contributed by atoms with Crippen LogP contribution in [0.5, 0.6) is 0 Å². The Hall–Kier alpha value is -3.26. The van der Waals surface area contributed by atoms with Crippen LogP contribution in [0.25, 0.3) is 22.5 Å². The summed E-state index contributed by atoms with van der Waals surface area (Å²) in [6.07, 6.45) is 4.31. The van der Waals surface area contributed by atoms with Crippen LogP contribution >= 0.6 is 0 Å². The predicted octanol–water partition coefficient (Wildman–Crippen LogP) is 4.72. The van der Waals surface area contributed by atoms with Gasteiger partial charge in [-0.15, -0.1) is 9.13 Å². The summed E-state index contributed by atoms with van der Waals surface area (Å²) >= 11 is 0. The van der Waals surface area contributed by atoms with Crippen LogP contribution in [0.1, 0.15) is 11.1 Å². The lowest BCUT2D eigenvalue weighted by Gasteiger charge is -2.07. The van der Waals surface area contributed by atoms with Crippen LogP contribution in [-0.2, 0) is 6.67 Å². The Labute approximate surface area is 161 Å². The van der Waals surface area contributed by atoms with Gasteiger partial charge in [0.1, 0.15) is 0 Å². The van der Waals surface area contributed by atoms with Crippen molar-refractivity contribution in [2.24, 2.45) is 0 Å². The Balaban J connectivity index is 1.80. The van der Waals surface area contributed by atoms with Gasteiger partial charge in [-0.1, -0.05) is 36.4 Å². The van der Waals surface area contributed by atoms with Crippen molar-refractivity contribution >= 4 is 0 Å². The molecule has 0 N–H and O–H groups in total. The van der Waals surface area contributed by atoms with Crippen LogP contribution in [0.3, 0.4) is 0 Å². The second kappa shape index (κ2) is 7.55. The van der Waals surface area contributed by atoms with Gasteiger partial charge >= 0.3 is 6.67 Å². The zero-order valence-corrected chi connectivity index (χ0v) is 15.8. The van der Waals surface area contributed by atoms with E-state index in [4.69, 9.17) is 0 Å². The van der Waals surface area contributed by atoms with Crippen LogP contribution in [0.15, 0.2) is 97.3 Å². The molecule has 27 heavy (non-hydrogen) atoms. The number of pyridine rings is 2. The van der Waals surface area contributed by atoms with Gasteiger partial charge < -0.3 is 0 Å². The van der Waals surface area contributed by atoms with Gasteiger partial charge in [0.05, 0.1) is 0 Å². The Morgan fingerprint density at radius 3 is 1.37 bits per heavy atom. The fourth-order valence-corrected chi connectivity index (χ4v) is 3.57. The molecule has 0 radical (unpaired) electrons. The summed E-state index contributed by atoms with van der Waals surface area (Å²) in [4.78, 5) is 0. The van der Waals surface area contributed by atoms with Crippen molar-refractivity contribution in [3.8, 4) is 22.5 Å². The first kappa shape index (κ1) is 17.2. The van der Waals surface area contributed by atoms with Gasteiger partial charge in [-0.25, -0.2) is 0 Å². The Morgan fingerprint density at radius 2 is 0.926 bits per heavy atom. The van der Waals surface area contributed by atoms with Crippen LogP contribution < -0.4 is 9.13 Å². The third-order valence-corrected chi connectivity index (χ3v) is 5.03. The van der Waals surface area contributed by atoms with Crippen LogP contribution in [0.4, 0.5) is 0 Å². The predicted molar refractivity (Wildman–Crippen MR) is 109 cm³/mol. The van der Waals surface area contributed by atoms with Crippen LogP contribution in [0, 0.1) is 13.8 Å². The SMILES string of the molecule is Cc1ccccc1-c1cccc[n+]1C[n+]1ccccc1-c1ccccc1C. The first-order chi connectivity index (χ1) is 13.2. The standard InChI is InChI=1S/C25H24N2/c1-20-11-3-5-13-22(20)24-15-7-9-17-26(24)19-27-18-10-8-16-25(27)23-14-6-4-12-21(23)2/h3-18H,19H2,1-2H3/q+2. The Morgan fingerprint density at radius 1 is 0.519 bits per heavy atom. The summed E-state index contributed by atoms with van der Waals surface area (Å²) in [5.41, 5.74) is 7.56. The van der Waals surface area contributed by atoms with Crippen molar-refractivity contribution in [1.29, 1.82) is 0 Å². The van der Waals surface area contributed by atoms with Crippen LogP contribution in [0.2, 0.25) is 0 Å². The van der Waals surface area contributed by atoms with Crippen molar-refractivity contribution in [3.05, 3.63) is 108 Å². The number of aryl methyl sites for hydroxylation is 2. The normalized spacial score (nSPS) is 10.7. The van der Waals surface area contributed by atoms with Crippen LogP contribution in [-0.4, -0.2) is 0 Å². The molecular weight excluding hydrogens is 328 g/mol. The Bertz CT molecular complexity index is 996. The number of hydrogen-bond acceptors (Lipinski definition) is 0. The third kappa shape index (κ3) is 3.52. The van der Waals surface area contributed by atoms with E-state index < -0.39 is 0 Å². The van der Waals surface area contributed by atoms with E-state index >= 15 is 0 Å². The first-order valence-corrected chi connectivity index (χ1v) is 9.33. The van der Waals surface area contributed by atoms with E-state index in [0.29, 0.717) is 0 Å². The molecule has 0 aliphatic heterocycles. The molecule has 2 nitrogen and oxygen atoms in total. The first-order valence-electron chi connectivity index (χ1n) is 9.33. The van der Waals surface area contributed by atoms with Crippen molar-refractivity contribution in [2.45, 2.75) is 20.5 Å². The minimum Gasteiger partial charge on any atom is -0.139 e. The quantitative estimate of drug-likeness (QED) is 0.470. The van der Waals surface area contributed by atoms with Gasteiger partial charge in [-0.05, 0) is 49.2 Å². The molecule has 0 saturated heterocycles. The second-order valence-electron chi connectivity index (χ2n) is 6.88. The molecule has 0 spiro atoms. The van der Waals surface area contributed by atoms with Crippen molar-refractivity contribution < 1.29 is 9.13 Å². The second-order valence-corrected chi connectivity index (χ2v) is 6.88. The number of hydrogen-bond donors (Lipinski definition) is 0. The molecule has 2 heterocycles. The summed E-state index contributed by atoms with van der Waals surface area (Å²) < 4.78 is 4.62. The molecule has 2 aromatic carbocycles. The van der Waals surface area contributed by atoms with E-state index in [1.165, 1.54) is 33.6 Å². The van der Waals surface area contributed by atoms with Crippen molar-refractivity contribution in [1.82, 2.24) is 0 Å². The molecule has 0 bridgehead atoms. The summed E-state index contributed by atoms with van der Waals surface area (Å²) in [6, 6.07) is 29.9. The van der Waals surface area contributed by atoms with E-state index in [2.05, 4.69) is 120 Å².